The fourth-order valence-corrected chi connectivity index (χ4v) is 2.12. The molecule has 1 saturated heterocycles. The minimum Gasteiger partial charge on any atom is -0.315 e. The van der Waals surface area contributed by atoms with Crippen molar-refractivity contribution in [2.45, 2.75) is 19.8 Å². The Morgan fingerprint density at radius 1 is 1.31 bits per heavy atom. The van der Waals surface area contributed by atoms with Gasteiger partial charge >= 0.3 is 0 Å². The standard InChI is InChI=1S/C13H25N3/c1-3-8-15(9-4-2)12-13-16-10-5-6-14-7-11-16/h1,14H,4-13H2,2H3. The Balaban J connectivity index is 2.21. The van der Waals surface area contributed by atoms with E-state index in [4.69, 9.17) is 6.42 Å². The molecule has 0 aromatic carbocycles. The summed E-state index contributed by atoms with van der Waals surface area (Å²) in [6.45, 7) is 11.1. The Labute approximate surface area is 100 Å². The number of rotatable bonds is 6. The molecular weight excluding hydrogens is 198 g/mol. The van der Waals surface area contributed by atoms with Crippen LogP contribution in [0.25, 0.3) is 0 Å². The summed E-state index contributed by atoms with van der Waals surface area (Å²) in [4.78, 5) is 4.91. The lowest BCUT2D eigenvalue weighted by Crippen LogP contribution is -2.37. The smallest absolute Gasteiger partial charge is 0.0599 e. The van der Waals surface area contributed by atoms with Crippen LogP contribution >= 0.6 is 0 Å². The first-order valence-electron chi connectivity index (χ1n) is 6.45. The second-order valence-electron chi connectivity index (χ2n) is 4.43. The quantitative estimate of drug-likeness (QED) is 0.666. The van der Waals surface area contributed by atoms with Gasteiger partial charge in [-0.2, -0.15) is 0 Å². The van der Waals surface area contributed by atoms with E-state index in [9.17, 15) is 0 Å². The van der Waals surface area contributed by atoms with Crippen molar-refractivity contribution < 1.29 is 0 Å². The van der Waals surface area contributed by atoms with E-state index in [0.717, 1.165) is 32.7 Å². The van der Waals surface area contributed by atoms with E-state index < -0.39 is 0 Å². The van der Waals surface area contributed by atoms with Crippen LogP contribution in [0.3, 0.4) is 0 Å². The summed E-state index contributed by atoms with van der Waals surface area (Å²) in [5, 5.41) is 3.43. The van der Waals surface area contributed by atoms with Gasteiger partial charge < -0.3 is 10.2 Å². The van der Waals surface area contributed by atoms with Gasteiger partial charge in [-0.05, 0) is 32.5 Å². The molecule has 1 rings (SSSR count). The molecule has 1 aliphatic rings. The topological polar surface area (TPSA) is 18.5 Å². The van der Waals surface area contributed by atoms with Crippen LogP contribution in [0.1, 0.15) is 19.8 Å². The maximum Gasteiger partial charge on any atom is 0.0599 e. The Morgan fingerprint density at radius 3 is 2.94 bits per heavy atom. The molecule has 16 heavy (non-hydrogen) atoms. The highest BCUT2D eigenvalue weighted by atomic mass is 15.2. The first-order chi connectivity index (χ1) is 7.86. The molecule has 0 unspecified atom stereocenters. The molecule has 0 saturated carbocycles. The molecule has 1 N–H and O–H groups in total. The van der Waals surface area contributed by atoms with Gasteiger partial charge in [0.25, 0.3) is 0 Å². The van der Waals surface area contributed by atoms with Crippen LogP contribution in [0.5, 0.6) is 0 Å². The number of hydrogen-bond donors (Lipinski definition) is 1. The van der Waals surface area contributed by atoms with Gasteiger partial charge in [-0.3, -0.25) is 4.90 Å². The Kier molecular flexibility index (Phi) is 7.24. The third-order valence-electron chi connectivity index (χ3n) is 3.02. The molecule has 3 heteroatoms. The van der Waals surface area contributed by atoms with Crippen molar-refractivity contribution in [1.82, 2.24) is 15.1 Å². The maximum absolute atomic E-state index is 5.38. The SMILES string of the molecule is C#CCN(CCC)CCN1CCCNCC1. The zero-order valence-electron chi connectivity index (χ0n) is 10.5. The fourth-order valence-electron chi connectivity index (χ4n) is 2.12. The van der Waals surface area contributed by atoms with Gasteiger partial charge in [0.2, 0.25) is 0 Å². The van der Waals surface area contributed by atoms with Crippen molar-refractivity contribution in [3.05, 3.63) is 0 Å². The molecule has 1 heterocycles. The van der Waals surface area contributed by atoms with E-state index in [1.54, 1.807) is 0 Å². The average molecular weight is 223 g/mol. The Bertz CT molecular complexity index is 202. The highest BCUT2D eigenvalue weighted by Crippen LogP contribution is 1.97. The van der Waals surface area contributed by atoms with Crippen LogP contribution in [0, 0.1) is 12.3 Å². The van der Waals surface area contributed by atoms with Crippen molar-refractivity contribution >= 4 is 0 Å². The largest absolute Gasteiger partial charge is 0.315 e. The van der Waals surface area contributed by atoms with Crippen LogP contribution < -0.4 is 5.32 Å². The van der Waals surface area contributed by atoms with E-state index in [0.29, 0.717) is 0 Å². The summed E-state index contributed by atoms with van der Waals surface area (Å²) in [5.74, 6) is 2.75. The second-order valence-corrected chi connectivity index (χ2v) is 4.43. The van der Waals surface area contributed by atoms with E-state index in [1.807, 2.05) is 0 Å². The van der Waals surface area contributed by atoms with E-state index >= 15 is 0 Å². The molecule has 0 aromatic rings. The third kappa shape index (κ3) is 5.50. The number of terminal acetylenes is 1. The predicted molar refractivity (Wildman–Crippen MR) is 69.5 cm³/mol. The molecule has 92 valence electrons. The van der Waals surface area contributed by atoms with Crippen molar-refractivity contribution in [3.63, 3.8) is 0 Å². The van der Waals surface area contributed by atoms with Crippen LogP contribution in [0.2, 0.25) is 0 Å². The van der Waals surface area contributed by atoms with Crippen molar-refractivity contribution in [2.24, 2.45) is 0 Å². The number of hydrogen-bond acceptors (Lipinski definition) is 3. The van der Waals surface area contributed by atoms with Gasteiger partial charge in [-0.25, -0.2) is 0 Å². The molecule has 3 nitrogen and oxygen atoms in total. The van der Waals surface area contributed by atoms with Gasteiger partial charge in [0.05, 0.1) is 6.54 Å². The lowest BCUT2D eigenvalue weighted by Gasteiger charge is -2.24. The predicted octanol–water partition coefficient (Wildman–Crippen LogP) is 0.627. The molecule has 0 aromatic heterocycles. The molecule has 0 aliphatic carbocycles. The molecule has 1 aliphatic heterocycles. The summed E-state index contributed by atoms with van der Waals surface area (Å²) < 4.78 is 0. The molecule has 1 fully saturated rings. The van der Waals surface area contributed by atoms with Crippen LogP contribution in [0.15, 0.2) is 0 Å². The summed E-state index contributed by atoms with van der Waals surface area (Å²) in [5.41, 5.74) is 0. The number of nitrogens with one attached hydrogen (secondary N) is 1. The highest BCUT2D eigenvalue weighted by molar-refractivity contribution is 4.88. The van der Waals surface area contributed by atoms with Crippen LogP contribution in [0.4, 0.5) is 0 Å². The first kappa shape index (κ1) is 13.5. The monoisotopic (exact) mass is 223 g/mol. The molecule has 0 atom stereocenters. The Morgan fingerprint density at radius 2 is 2.19 bits per heavy atom. The summed E-state index contributed by atoms with van der Waals surface area (Å²) in [6, 6.07) is 0. The van der Waals surface area contributed by atoms with Crippen molar-refractivity contribution in [3.8, 4) is 12.3 Å². The normalized spacial score (nSPS) is 18.3. The zero-order chi connectivity index (χ0) is 11.6. The molecule has 0 spiro atoms. The second kappa shape index (κ2) is 8.58. The average Bonchev–Trinajstić information content (AvgIpc) is 2.55. The third-order valence-corrected chi connectivity index (χ3v) is 3.02. The first-order valence-corrected chi connectivity index (χ1v) is 6.45. The minimum atomic E-state index is 0.792. The van der Waals surface area contributed by atoms with E-state index in [1.165, 1.54) is 32.5 Å². The van der Waals surface area contributed by atoms with Gasteiger partial charge in [0.1, 0.15) is 0 Å². The van der Waals surface area contributed by atoms with E-state index in [2.05, 4.69) is 28.0 Å². The minimum absolute atomic E-state index is 0.792. The molecule has 0 amide bonds. The van der Waals surface area contributed by atoms with Crippen LogP contribution in [-0.2, 0) is 0 Å². The summed E-state index contributed by atoms with van der Waals surface area (Å²) >= 11 is 0. The summed E-state index contributed by atoms with van der Waals surface area (Å²) in [6.07, 6.45) is 7.83. The zero-order valence-corrected chi connectivity index (χ0v) is 10.5. The maximum atomic E-state index is 5.38. The van der Waals surface area contributed by atoms with Crippen molar-refractivity contribution in [1.29, 1.82) is 0 Å². The molecule has 0 radical (unpaired) electrons. The lowest BCUT2D eigenvalue weighted by molar-refractivity contribution is 0.224. The molecule has 0 bridgehead atoms. The highest BCUT2D eigenvalue weighted by Gasteiger charge is 2.09. The summed E-state index contributed by atoms with van der Waals surface area (Å²) in [7, 11) is 0. The van der Waals surface area contributed by atoms with Gasteiger partial charge in [0.15, 0.2) is 0 Å². The van der Waals surface area contributed by atoms with Gasteiger partial charge in [-0.1, -0.05) is 12.8 Å². The number of nitrogens with zero attached hydrogens (tertiary/aromatic N) is 2. The van der Waals surface area contributed by atoms with E-state index in [-0.39, 0.29) is 0 Å². The van der Waals surface area contributed by atoms with Gasteiger partial charge in [-0.15, -0.1) is 6.42 Å². The van der Waals surface area contributed by atoms with Gasteiger partial charge in [0, 0.05) is 26.2 Å². The molecular formula is C13H25N3. The van der Waals surface area contributed by atoms with Crippen LogP contribution in [-0.4, -0.2) is 62.2 Å². The van der Waals surface area contributed by atoms with Crippen molar-refractivity contribution in [2.75, 3.05) is 52.4 Å². The lowest BCUT2D eigenvalue weighted by atomic mass is 10.3. The Hall–Kier alpha value is -0.560. The fraction of sp³-hybridized carbons (Fsp3) is 0.846.